The number of rotatable bonds is 2. The predicted octanol–water partition coefficient (Wildman–Crippen LogP) is 3.55. The Balaban J connectivity index is 2.58. The van der Waals surface area contributed by atoms with E-state index in [0.29, 0.717) is 5.56 Å². The van der Waals surface area contributed by atoms with Crippen LogP contribution in [-0.2, 0) is 0 Å². The summed E-state index contributed by atoms with van der Waals surface area (Å²) in [5.41, 5.74) is 0.308. The van der Waals surface area contributed by atoms with Crippen molar-refractivity contribution >= 4 is 17.6 Å². The van der Waals surface area contributed by atoms with Gasteiger partial charge in [0.1, 0.15) is 17.1 Å². The fourth-order valence-corrected chi connectivity index (χ4v) is 1.76. The Morgan fingerprint density at radius 1 is 1.17 bits per heavy atom. The van der Waals surface area contributed by atoms with Crippen LogP contribution in [0.4, 0.5) is 4.39 Å². The van der Waals surface area contributed by atoms with Gasteiger partial charge in [-0.1, -0.05) is 17.7 Å². The first-order valence-corrected chi connectivity index (χ1v) is 5.38. The highest BCUT2D eigenvalue weighted by Crippen LogP contribution is 2.29. The minimum Gasteiger partial charge on any atom is -0.507 e. The molecule has 2 N–H and O–H groups in total. The first-order chi connectivity index (χ1) is 8.49. The molecule has 5 heteroatoms. The quantitative estimate of drug-likeness (QED) is 0.874. The average Bonchev–Trinajstić information content (AvgIpc) is 2.30. The van der Waals surface area contributed by atoms with Crippen LogP contribution < -0.4 is 0 Å². The van der Waals surface area contributed by atoms with Crippen molar-refractivity contribution in [1.82, 2.24) is 0 Å². The molecule has 0 unspecified atom stereocenters. The van der Waals surface area contributed by atoms with Gasteiger partial charge in [-0.05, 0) is 35.9 Å². The molecule has 0 aliphatic heterocycles. The molecule has 0 fully saturated rings. The molecule has 0 atom stereocenters. The standard InChI is InChI=1S/C13H8ClFO3/c14-8-2-3-9(11(15)6-8)7-1-4-12(16)10(5-7)13(17)18/h1-6,16H,(H,17,18). The molecular formula is C13H8ClFO3. The van der Waals surface area contributed by atoms with Gasteiger partial charge in [-0.3, -0.25) is 0 Å². The molecule has 0 spiro atoms. The van der Waals surface area contributed by atoms with Crippen molar-refractivity contribution < 1.29 is 19.4 Å². The number of carbonyl (C=O) groups is 1. The lowest BCUT2D eigenvalue weighted by Gasteiger charge is -2.06. The summed E-state index contributed by atoms with van der Waals surface area (Å²) < 4.78 is 13.7. The van der Waals surface area contributed by atoms with Crippen LogP contribution in [0, 0.1) is 5.82 Å². The van der Waals surface area contributed by atoms with Crippen LogP contribution in [0.2, 0.25) is 5.02 Å². The van der Waals surface area contributed by atoms with Crippen molar-refractivity contribution in [3.8, 4) is 16.9 Å². The molecule has 0 heterocycles. The zero-order chi connectivity index (χ0) is 13.3. The molecule has 18 heavy (non-hydrogen) atoms. The number of carboxylic acid groups (broad SMARTS) is 1. The van der Waals surface area contributed by atoms with Crippen molar-refractivity contribution in [2.75, 3.05) is 0 Å². The Morgan fingerprint density at radius 3 is 2.50 bits per heavy atom. The third-order valence-corrected chi connectivity index (χ3v) is 2.70. The van der Waals surface area contributed by atoms with Crippen LogP contribution in [0.25, 0.3) is 11.1 Å². The molecule has 0 saturated heterocycles. The lowest BCUT2D eigenvalue weighted by molar-refractivity contribution is 0.0694. The Hall–Kier alpha value is -2.07. The van der Waals surface area contributed by atoms with E-state index in [1.807, 2.05) is 0 Å². The zero-order valence-corrected chi connectivity index (χ0v) is 9.78. The van der Waals surface area contributed by atoms with Gasteiger partial charge in [0.2, 0.25) is 0 Å². The van der Waals surface area contributed by atoms with Crippen LogP contribution in [0.3, 0.4) is 0 Å². The number of halogens is 2. The first-order valence-electron chi connectivity index (χ1n) is 5.01. The smallest absolute Gasteiger partial charge is 0.339 e. The number of phenols is 1. The monoisotopic (exact) mass is 266 g/mol. The highest BCUT2D eigenvalue weighted by atomic mass is 35.5. The third-order valence-electron chi connectivity index (χ3n) is 2.47. The fourth-order valence-electron chi connectivity index (χ4n) is 1.60. The van der Waals surface area contributed by atoms with Crippen molar-refractivity contribution in [3.63, 3.8) is 0 Å². The average molecular weight is 267 g/mol. The Bertz CT molecular complexity index is 626. The lowest BCUT2D eigenvalue weighted by Crippen LogP contribution is -1.97. The topological polar surface area (TPSA) is 57.5 Å². The molecule has 0 aromatic heterocycles. The third kappa shape index (κ3) is 2.28. The van der Waals surface area contributed by atoms with Gasteiger partial charge in [0.25, 0.3) is 0 Å². The number of hydrogen-bond acceptors (Lipinski definition) is 2. The summed E-state index contributed by atoms with van der Waals surface area (Å²) >= 11 is 5.64. The second-order valence-corrected chi connectivity index (χ2v) is 4.10. The summed E-state index contributed by atoms with van der Waals surface area (Å²) in [7, 11) is 0. The van der Waals surface area contributed by atoms with Gasteiger partial charge >= 0.3 is 5.97 Å². The van der Waals surface area contributed by atoms with Crippen LogP contribution in [0.5, 0.6) is 5.75 Å². The molecule has 0 aliphatic carbocycles. The van der Waals surface area contributed by atoms with E-state index in [0.717, 1.165) is 6.07 Å². The number of benzene rings is 2. The summed E-state index contributed by atoms with van der Waals surface area (Å²) in [6.07, 6.45) is 0. The van der Waals surface area contributed by atoms with E-state index in [-0.39, 0.29) is 21.9 Å². The van der Waals surface area contributed by atoms with Crippen molar-refractivity contribution in [2.24, 2.45) is 0 Å². The molecule has 92 valence electrons. The van der Waals surface area contributed by atoms with Gasteiger partial charge in [0.15, 0.2) is 0 Å². The Kier molecular flexibility index (Phi) is 3.21. The normalized spacial score (nSPS) is 10.3. The SMILES string of the molecule is O=C(O)c1cc(-c2ccc(Cl)cc2F)ccc1O. The first kappa shape index (κ1) is 12.4. The lowest BCUT2D eigenvalue weighted by atomic mass is 10.0. The molecule has 0 radical (unpaired) electrons. The second kappa shape index (κ2) is 4.66. The molecule has 3 nitrogen and oxygen atoms in total. The molecule has 0 aliphatic rings. The second-order valence-electron chi connectivity index (χ2n) is 3.66. The number of aromatic hydroxyl groups is 1. The Labute approximate surface area is 107 Å². The van der Waals surface area contributed by atoms with E-state index < -0.39 is 11.8 Å². The summed E-state index contributed by atoms with van der Waals surface area (Å²) in [5, 5.41) is 18.5. The minimum atomic E-state index is -1.27. The summed E-state index contributed by atoms with van der Waals surface area (Å²) in [6, 6.07) is 7.97. The summed E-state index contributed by atoms with van der Waals surface area (Å²) in [5.74, 6) is -2.19. The van der Waals surface area contributed by atoms with E-state index in [1.54, 1.807) is 0 Å². The molecule has 0 bridgehead atoms. The van der Waals surface area contributed by atoms with E-state index in [2.05, 4.69) is 0 Å². The summed E-state index contributed by atoms with van der Waals surface area (Å²) in [6.45, 7) is 0. The van der Waals surface area contributed by atoms with Gasteiger partial charge in [0.05, 0.1) is 0 Å². The van der Waals surface area contributed by atoms with Gasteiger partial charge in [-0.25, -0.2) is 9.18 Å². The van der Waals surface area contributed by atoms with E-state index >= 15 is 0 Å². The highest BCUT2D eigenvalue weighted by molar-refractivity contribution is 6.30. The number of aromatic carboxylic acids is 1. The molecule has 2 rings (SSSR count). The van der Waals surface area contributed by atoms with Gasteiger partial charge in [-0.2, -0.15) is 0 Å². The van der Waals surface area contributed by atoms with Crippen LogP contribution >= 0.6 is 11.6 Å². The molecular weight excluding hydrogens is 259 g/mol. The van der Waals surface area contributed by atoms with Crippen LogP contribution in [0.1, 0.15) is 10.4 Å². The maximum absolute atomic E-state index is 13.7. The maximum atomic E-state index is 13.7. The zero-order valence-electron chi connectivity index (χ0n) is 9.02. The molecule has 0 saturated carbocycles. The van der Waals surface area contributed by atoms with E-state index in [4.69, 9.17) is 16.7 Å². The summed E-state index contributed by atoms with van der Waals surface area (Å²) in [4.78, 5) is 10.9. The van der Waals surface area contributed by atoms with Crippen LogP contribution in [0.15, 0.2) is 36.4 Å². The van der Waals surface area contributed by atoms with E-state index in [9.17, 15) is 14.3 Å². The fraction of sp³-hybridized carbons (Fsp3) is 0. The number of carboxylic acids is 1. The minimum absolute atomic E-state index is 0.224. The largest absolute Gasteiger partial charge is 0.507 e. The predicted molar refractivity (Wildman–Crippen MR) is 65.5 cm³/mol. The molecule has 0 amide bonds. The Morgan fingerprint density at radius 2 is 1.89 bits per heavy atom. The number of hydrogen-bond donors (Lipinski definition) is 2. The van der Waals surface area contributed by atoms with E-state index in [1.165, 1.54) is 30.3 Å². The molecule has 2 aromatic carbocycles. The van der Waals surface area contributed by atoms with Crippen molar-refractivity contribution in [2.45, 2.75) is 0 Å². The van der Waals surface area contributed by atoms with Crippen molar-refractivity contribution in [3.05, 3.63) is 52.8 Å². The van der Waals surface area contributed by atoms with Gasteiger partial charge < -0.3 is 10.2 Å². The molecule has 2 aromatic rings. The highest BCUT2D eigenvalue weighted by Gasteiger charge is 2.13. The van der Waals surface area contributed by atoms with Crippen molar-refractivity contribution in [1.29, 1.82) is 0 Å². The van der Waals surface area contributed by atoms with Gasteiger partial charge in [0, 0.05) is 10.6 Å². The maximum Gasteiger partial charge on any atom is 0.339 e. The van der Waals surface area contributed by atoms with Crippen LogP contribution in [-0.4, -0.2) is 16.2 Å². The van der Waals surface area contributed by atoms with Gasteiger partial charge in [-0.15, -0.1) is 0 Å².